The lowest BCUT2D eigenvalue weighted by molar-refractivity contribution is -0.220. The van der Waals surface area contributed by atoms with Crippen LogP contribution in [0.25, 0.3) is 0 Å². The van der Waals surface area contributed by atoms with Crippen LogP contribution in [0.15, 0.2) is 12.2 Å². The summed E-state index contributed by atoms with van der Waals surface area (Å²) in [5.74, 6) is -0.566. The standard InChI is InChI=1S/C49H96NO12P/c1-3-5-7-9-11-13-15-17-19-21-23-25-27-29-31-33-35-37-42(52)41(39-61-63(59,60)62-49-47(57)45(55)44(54)46(56)48(49)58)50-43(53)38-40(51)36-34-32-30-28-26-24-22-20-18-16-14-12-10-8-6-4-2/h24,26,40-42,44-49,51-52,54-58H,3-23,25,27-39H2,1-2H3,(H,50,53)(H,59,60)/b26-24-. The molecule has 0 radical (unpaired) electrons. The molecule has 1 aliphatic rings. The average Bonchev–Trinajstić information content (AvgIpc) is 3.26. The average molecular weight is 922 g/mol. The Morgan fingerprint density at radius 2 is 0.889 bits per heavy atom. The van der Waals surface area contributed by atoms with Crippen LogP contribution in [0.1, 0.15) is 232 Å². The Morgan fingerprint density at radius 3 is 1.32 bits per heavy atom. The van der Waals surface area contributed by atoms with Gasteiger partial charge in [-0.05, 0) is 38.5 Å². The number of nitrogens with one attached hydrogen (secondary N) is 1. The number of hydrogen-bond donors (Lipinski definition) is 9. The van der Waals surface area contributed by atoms with E-state index in [2.05, 4.69) is 31.3 Å². The third-order valence-corrected chi connectivity index (χ3v) is 13.6. The summed E-state index contributed by atoms with van der Waals surface area (Å²) in [6.45, 7) is 3.81. The molecule has 0 spiro atoms. The smallest absolute Gasteiger partial charge is 0.393 e. The number of aliphatic hydroxyl groups is 7. The minimum Gasteiger partial charge on any atom is -0.393 e. The number of allylic oxidation sites excluding steroid dienone is 2. The molecule has 1 aliphatic carbocycles. The number of amides is 1. The molecule has 0 aromatic rings. The molecule has 13 nitrogen and oxygen atoms in total. The summed E-state index contributed by atoms with van der Waals surface area (Å²) in [5.41, 5.74) is 0. The van der Waals surface area contributed by atoms with Crippen molar-refractivity contribution in [2.75, 3.05) is 6.61 Å². The monoisotopic (exact) mass is 922 g/mol. The molecule has 1 saturated carbocycles. The second kappa shape index (κ2) is 39.1. The van der Waals surface area contributed by atoms with Crippen LogP contribution in [0.2, 0.25) is 0 Å². The van der Waals surface area contributed by atoms with Gasteiger partial charge in [-0.3, -0.25) is 13.8 Å². The first-order valence-corrected chi connectivity index (χ1v) is 27.2. The summed E-state index contributed by atoms with van der Waals surface area (Å²) in [4.78, 5) is 23.5. The Morgan fingerprint density at radius 1 is 0.540 bits per heavy atom. The molecule has 374 valence electrons. The summed E-state index contributed by atoms with van der Waals surface area (Å²) in [6.07, 6.45) is 28.2. The van der Waals surface area contributed by atoms with Gasteiger partial charge in [0, 0.05) is 0 Å². The van der Waals surface area contributed by atoms with E-state index in [4.69, 9.17) is 9.05 Å². The molecule has 0 aromatic heterocycles. The van der Waals surface area contributed by atoms with Crippen LogP contribution < -0.4 is 5.32 Å². The maximum atomic E-state index is 13.0. The van der Waals surface area contributed by atoms with Crippen LogP contribution in [-0.2, 0) is 18.4 Å². The lowest BCUT2D eigenvalue weighted by atomic mass is 9.85. The van der Waals surface area contributed by atoms with Crippen LogP contribution >= 0.6 is 7.82 Å². The molecule has 8 atom stereocenters. The number of carbonyl (C=O) groups excluding carboxylic acids is 1. The molecule has 1 amide bonds. The summed E-state index contributed by atoms with van der Waals surface area (Å²) in [6, 6.07) is -1.16. The maximum absolute atomic E-state index is 13.0. The van der Waals surface area contributed by atoms with Gasteiger partial charge >= 0.3 is 7.82 Å². The lowest BCUT2D eigenvalue weighted by Crippen LogP contribution is -2.64. The summed E-state index contributed by atoms with van der Waals surface area (Å²) < 4.78 is 23.0. The number of carbonyl (C=O) groups is 1. The quantitative estimate of drug-likeness (QED) is 0.0158. The van der Waals surface area contributed by atoms with Crippen LogP contribution in [0.3, 0.4) is 0 Å². The van der Waals surface area contributed by atoms with E-state index in [1.807, 2.05) is 0 Å². The number of phosphoric acid groups is 1. The van der Waals surface area contributed by atoms with Crippen molar-refractivity contribution in [3.8, 4) is 0 Å². The summed E-state index contributed by atoms with van der Waals surface area (Å²) in [7, 11) is -5.12. The van der Waals surface area contributed by atoms with Crippen LogP contribution in [0, 0.1) is 0 Å². The molecule has 14 heteroatoms. The number of unbranched alkanes of at least 4 members (excludes halogenated alkanes) is 28. The van der Waals surface area contributed by atoms with Crippen molar-refractivity contribution < 1.29 is 59.0 Å². The number of hydrogen-bond acceptors (Lipinski definition) is 11. The van der Waals surface area contributed by atoms with Gasteiger partial charge in [0.1, 0.15) is 36.6 Å². The molecule has 1 fully saturated rings. The minimum atomic E-state index is -5.12. The highest BCUT2D eigenvalue weighted by atomic mass is 31.2. The van der Waals surface area contributed by atoms with E-state index in [1.165, 1.54) is 135 Å². The second-order valence-corrected chi connectivity index (χ2v) is 20.0. The predicted molar refractivity (Wildman–Crippen MR) is 252 cm³/mol. The Balaban J connectivity index is 2.48. The highest BCUT2D eigenvalue weighted by Crippen LogP contribution is 2.47. The molecule has 8 unspecified atom stereocenters. The minimum absolute atomic E-state index is 0.229. The summed E-state index contributed by atoms with van der Waals surface area (Å²) >= 11 is 0. The molecule has 0 bridgehead atoms. The van der Waals surface area contributed by atoms with E-state index in [-0.39, 0.29) is 12.8 Å². The van der Waals surface area contributed by atoms with Crippen molar-refractivity contribution in [2.45, 2.75) is 287 Å². The topological polar surface area (TPSA) is 226 Å². The fraction of sp³-hybridized carbons (Fsp3) is 0.939. The zero-order valence-corrected chi connectivity index (χ0v) is 40.7. The van der Waals surface area contributed by atoms with Gasteiger partial charge in [-0.1, -0.05) is 199 Å². The third-order valence-electron chi connectivity index (χ3n) is 12.6. The molecule has 0 aliphatic heterocycles. The van der Waals surface area contributed by atoms with Gasteiger partial charge in [0.05, 0.1) is 31.3 Å². The first-order chi connectivity index (χ1) is 30.3. The molecule has 0 heterocycles. The second-order valence-electron chi connectivity index (χ2n) is 18.6. The van der Waals surface area contributed by atoms with Crippen molar-refractivity contribution >= 4 is 13.7 Å². The third kappa shape index (κ3) is 30.9. The van der Waals surface area contributed by atoms with Gasteiger partial charge in [-0.25, -0.2) is 4.57 Å². The number of phosphoric ester groups is 1. The predicted octanol–water partition coefficient (Wildman–Crippen LogP) is 9.37. The Bertz CT molecular complexity index is 1130. The Kier molecular flexibility index (Phi) is 37.3. The van der Waals surface area contributed by atoms with Crippen LogP contribution in [0.5, 0.6) is 0 Å². The number of rotatable bonds is 43. The van der Waals surface area contributed by atoms with E-state index in [9.17, 15) is 50.0 Å². The van der Waals surface area contributed by atoms with Crippen molar-refractivity contribution in [1.29, 1.82) is 0 Å². The van der Waals surface area contributed by atoms with E-state index in [0.29, 0.717) is 12.8 Å². The molecular formula is C49H96NO12P. The first kappa shape index (κ1) is 60.1. The van der Waals surface area contributed by atoms with Gasteiger partial charge in [0.25, 0.3) is 0 Å². The zero-order valence-electron chi connectivity index (χ0n) is 39.8. The van der Waals surface area contributed by atoms with Crippen molar-refractivity contribution in [3.05, 3.63) is 12.2 Å². The van der Waals surface area contributed by atoms with E-state index in [0.717, 1.165) is 57.8 Å². The van der Waals surface area contributed by atoms with E-state index < -0.39 is 75.2 Å². The van der Waals surface area contributed by atoms with Gasteiger partial charge in [0.15, 0.2) is 0 Å². The summed E-state index contributed by atoms with van der Waals surface area (Å²) in [5, 5.41) is 74.8. The van der Waals surface area contributed by atoms with E-state index >= 15 is 0 Å². The molecule has 0 aromatic carbocycles. The van der Waals surface area contributed by atoms with Crippen molar-refractivity contribution in [1.82, 2.24) is 5.32 Å². The Labute approximate surface area is 382 Å². The largest absolute Gasteiger partial charge is 0.472 e. The normalized spacial score (nSPS) is 22.9. The fourth-order valence-electron chi connectivity index (χ4n) is 8.42. The highest BCUT2D eigenvalue weighted by Gasteiger charge is 2.51. The van der Waals surface area contributed by atoms with Crippen LogP contribution in [0.4, 0.5) is 0 Å². The van der Waals surface area contributed by atoms with Crippen LogP contribution in [-0.4, -0.2) is 108 Å². The Hall–Kier alpha value is -0.960. The van der Waals surface area contributed by atoms with Crippen molar-refractivity contribution in [3.63, 3.8) is 0 Å². The highest BCUT2D eigenvalue weighted by molar-refractivity contribution is 7.47. The maximum Gasteiger partial charge on any atom is 0.472 e. The van der Waals surface area contributed by atoms with Gasteiger partial charge in [0.2, 0.25) is 5.91 Å². The van der Waals surface area contributed by atoms with Gasteiger partial charge in [-0.2, -0.15) is 0 Å². The molecule has 1 rings (SSSR count). The van der Waals surface area contributed by atoms with E-state index in [1.54, 1.807) is 0 Å². The first-order valence-electron chi connectivity index (χ1n) is 25.7. The zero-order chi connectivity index (χ0) is 46.6. The molecule has 63 heavy (non-hydrogen) atoms. The van der Waals surface area contributed by atoms with Gasteiger partial charge in [-0.15, -0.1) is 0 Å². The molecule has 0 saturated heterocycles. The molecule has 9 N–H and O–H groups in total. The van der Waals surface area contributed by atoms with Crippen molar-refractivity contribution in [2.24, 2.45) is 0 Å². The molecular weight excluding hydrogens is 826 g/mol. The number of aliphatic hydroxyl groups excluding tert-OH is 7. The van der Waals surface area contributed by atoms with Gasteiger partial charge < -0.3 is 46.0 Å². The lowest BCUT2D eigenvalue weighted by Gasteiger charge is -2.41. The fourth-order valence-corrected chi connectivity index (χ4v) is 9.38. The SMILES string of the molecule is CCCCCCCCCCC/C=C\CCCCCC(O)CC(=O)NC(COP(=O)(O)OC1C(O)C(O)C(O)C(O)C1O)C(O)CCCCCCCCCCCCCCCCCCC.